The summed E-state index contributed by atoms with van der Waals surface area (Å²) in [5, 5.41) is 15.1. The largest absolute Gasteiger partial charge is 0.384 e. The summed E-state index contributed by atoms with van der Waals surface area (Å²) in [5.74, 6) is 1.15. The van der Waals surface area contributed by atoms with E-state index in [1.165, 1.54) is 0 Å². The average Bonchev–Trinajstić information content (AvgIpc) is 3.23. The molecule has 0 saturated heterocycles. The van der Waals surface area contributed by atoms with E-state index in [-0.39, 0.29) is 11.7 Å². The molecule has 0 fully saturated rings. The van der Waals surface area contributed by atoms with Gasteiger partial charge < -0.3 is 21.4 Å². The van der Waals surface area contributed by atoms with Crippen LogP contribution in [0.2, 0.25) is 0 Å². The maximum Gasteiger partial charge on any atom is 0.141 e. The van der Waals surface area contributed by atoms with Crippen LogP contribution in [0.15, 0.2) is 43.0 Å². The number of hydrogen-bond acceptors (Lipinski definition) is 4. The summed E-state index contributed by atoms with van der Waals surface area (Å²) in [4.78, 5) is 15.4. The molecule has 0 aliphatic heterocycles. The lowest BCUT2D eigenvalue weighted by Gasteiger charge is -1.97. The van der Waals surface area contributed by atoms with E-state index in [1.807, 2.05) is 0 Å². The van der Waals surface area contributed by atoms with Gasteiger partial charge in [0.25, 0.3) is 0 Å². The van der Waals surface area contributed by atoms with E-state index in [4.69, 9.17) is 22.3 Å². The second kappa shape index (κ2) is 5.55. The van der Waals surface area contributed by atoms with Crippen LogP contribution in [0.1, 0.15) is 22.8 Å². The second-order valence-corrected chi connectivity index (χ2v) is 5.94. The number of nitrogens with one attached hydrogen (secondary N) is 4. The Labute approximate surface area is 148 Å². The lowest BCUT2D eigenvalue weighted by atomic mass is 10.2. The van der Waals surface area contributed by atoms with Gasteiger partial charge in [0.2, 0.25) is 0 Å². The number of imidazole rings is 2. The fourth-order valence-corrected chi connectivity index (χ4v) is 2.75. The van der Waals surface area contributed by atoms with Crippen molar-refractivity contribution in [1.82, 2.24) is 19.9 Å². The quantitative estimate of drug-likeness (QED) is 0.247. The first-order chi connectivity index (χ1) is 12.4. The minimum atomic E-state index is 0.000404. The van der Waals surface area contributed by atoms with Crippen molar-refractivity contribution >= 4 is 39.3 Å². The van der Waals surface area contributed by atoms with Crippen molar-refractivity contribution < 1.29 is 0 Å². The molecule has 0 unspecified atom stereocenters. The molecule has 0 aliphatic rings. The van der Waals surface area contributed by atoms with Crippen LogP contribution in [0.4, 0.5) is 0 Å². The van der Waals surface area contributed by atoms with E-state index in [9.17, 15) is 0 Å². The number of nitrogen functional groups attached to an aromatic ring is 2. The van der Waals surface area contributed by atoms with Gasteiger partial charge in [0.1, 0.15) is 23.3 Å². The number of H-pyrrole nitrogens is 2. The molecular weight excluding hydrogens is 328 g/mol. The Morgan fingerprint density at radius 1 is 0.808 bits per heavy atom. The van der Waals surface area contributed by atoms with Crippen LogP contribution in [0.5, 0.6) is 0 Å². The molecule has 2 heterocycles. The Kier molecular flexibility index (Phi) is 3.33. The molecule has 0 spiro atoms. The zero-order chi connectivity index (χ0) is 18.4. The van der Waals surface area contributed by atoms with Gasteiger partial charge in [0, 0.05) is 11.1 Å². The monoisotopic (exact) mass is 344 g/mol. The molecule has 8 N–H and O–H groups in total. The van der Waals surface area contributed by atoms with Crippen molar-refractivity contribution in [2.75, 3.05) is 0 Å². The van der Waals surface area contributed by atoms with Crippen LogP contribution >= 0.6 is 0 Å². The molecule has 0 saturated carbocycles. The predicted octanol–water partition coefficient (Wildman–Crippen LogP) is 2.07. The highest BCUT2D eigenvalue weighted by Crippen LogP contribution is 2.23. The molecule has 8 nitrogen and oxygen atoms in total. The highest BCUT2D eigenvalue weighted by atomic mass is 15.0. The van der Waals surface area contributed by atoms with Gasteiger partial charge in [-0.2, -0.15) is 0 Å². The van der Waals surface area contributed by atoms with Gasteiger partial charge in [0.15, 0.2) is 0 Å². The minimum absolute atomic E-state index is 0.000404. The average molecular weight is 344 g/mol. The first kappa shape index (κ1) is 15.6. The highest BCUT2D eigenvalue weighted by molar-refractivity contribution is 5.99. The maximum atomic E-state index is 7.53. The Bertz CT molecular complexity index is 1120. The first-order valence-electron chi connectivity index (χ1n) is 7.80. The number of fused-ring (bicyclic) bond motifs is 2. The zero-order valence-corrected chi connectivity index (χ0v) is 13.7. The lowest BCUT2D eigenvalue weighted by Crippen LogP contribution is -2.10. The molecule has 4 rings (SSSR count). The third kappa shape index (κ3) is 2.49. The van der Waals surface area contributed by atoms with Crippen LogP contribution in [0.25, 0.3) is 27.6 Å². The van der Waals surface area contributed by atoms with Crippen LogP contribution in [-0.2, 0) is 0 Å². The van der Waals surface area contributed by atoms with Crippen LogP contribution in [0.3, 0.4) is 0 Å². The number of nitrogens with two attached hydrogens (primary N) is 2. The number of nitrogens with zero attached hydrogens (tertiary/aromatic N) is 2. The fraction of sp³-hybridized carbons (Fsp3) is 0. The second-order valence-electron chi connectivity index (χ2n) is 5.94. The van der Waals surface area contributed by atoms with Crippen molar-refractivity contribution in [3.63, 3.8) is 0 Å². The number of amidine groups is 2. The Hall–Kier alpha value is -3.94. The summed E-state index contributed by atoms with van der Waals surface area (Å²) in [7, 11) is 0. The van der Waals surface area contributed by atoms with E-state index in [0.717, 1.165) is 22.1 Å². The standard InChI is InChI=1S/C18H16N8/c1-8(17-23-11-4-2-9(15(19)20)6-13(11)25-17)18-24-12-5-3-10(16(21)22)7-14(12)26-18/h2-7H,1H2,(H3,19,20)(H3,21,22)(H,23,25)(H,24,26). The normalized spacial score (nSPS) is 11.1. The highest BCUT2D eigenvalue weighted by Gasteiger charge is 2.13. The van der Waals surface area contributed by atoms with Crippen LogP contribution in [0, 0.1) is 10.8 Å². The smallest absolute Gasteiger partial charge is 0.141 e. The molecule has 0 aliphatic carbocycles. The molecule has 0 radical (unpaired) electrons. The van der Waals surface area contributed by atoms with Crippen LogP contribution < -0.4 is 11.5 Å². The van der Waals surface area contributed by atoms with Crippen molar-refractivity contribution in [3.8, 4) is 0 Å². The topological polar surface area (TPSA) is 157 Å². The third-order valence-electron chi connectivity index (χ3n) is 4.16. The molecule has 128 valence electrons. The van der Waals surface area contributed by atoms with E-state index in [0.29, 0.717) is 28.3 Å². The fourth-order valence-electron chi connectivity index (χ4n) is 2.75. The van der Waals surface area contributed by atoms with Crippen LogP contribution in [-0.4, -0.2) is 31.6 Å². The molecule has 8 heteroatoms. The van der Waals surface area contributed by atoms with Gasteiger partial charge >= 0.3 is 0 Å². The minimum Gasteiger partial charge on any atom is -0.384 e. The third-order valence-corrected chi connectivity index (χ3v) is 4.16. The molecule has 2 aromatic carbocycles. The van der Waals surface area contributed by atoms with Crippen molar-refractivity contribution in [2.45, 2.75) is 0 Å². The number of aromatic amines is 2. The summed E-state index contributed by atoms with van der Waals surface area (Å²) in [5.41, 5.74) is 16.0. The number of aromatic nitrogens is 4. The molecule has 0 atom stereocenters. The van der Waals surface area contributed by atoms with Gasteiger partial charge in [-0.25, -0.2) is 9.97 Å². The zero-order valence-electron chi connectivity index (χ0n) is 13.7. The molecule has 0 bridgehead atoms. The number of benzene rings is 2. The lowest BCUT2D eigenvalue weighted by molar-refractivity contribution is 1.20. The molecule has 2 aromatic heterocycles. The van der Waals surface area contributed by atoms with Crippen molar-refractivity contribution in [3.05, 3.63) is 65.8 Å². The van der Waals surface area contributed by atoms with Gasteiger partial charge in [-0.1, -0.05) is 6.58 Å². The molecular formula is C18H16N8. The van der Waals surface area contributed by atoms with Crippen molar-refractivity contribution in [2.24, 2.45) is 11.5 Å². The maximum absolute atomic E-state index is 7.53. The molecule has 0 amide bonds. The SMILES string of the molecule is C=C(c1nc2ccc(C(=N)N)cc2[nH]1)c1nc2ccc(C(=N)N)cc2[nH]1. The molecule has 4 aromatic rings. The summed E-state index contributed by atoms with van der Waals surface area (Å²) in [6.07, 6.45) is 0. The Morgan fingerprint density at radius 2 is 1.23 bits per heavy atom. The van der Waals surface area contributed by atoms with Gasteiger partial charge in [0.05, 0.1) is 27.6 Å². The predicted molar refractivity (Wildman–Crippen MR) is 102 cm³/mol. The first-order valence-corrected chi connectivity index (χ1v) is 7.80. The molecule has 26 heavy (non-hydrogen) atoms. The van der Waals surface area contributed by atoms with E-state index in [1.54, 1.807) is 36.4 Å². The van der Waals surface area contributed by atoms with Gasteiger partial charge in [-0.3, -0.25) is 10.8 Å². The summed E-state index contributed by atoms with van der Waals surface area (Å²) >= 11 is 0. The number of hydrogen-bond donors (Lipinski definition) is 6. The van der Waals surface area contributed by atoms with Crippen molar-refractivity contribution in [1.29, 1.82) is 10.8 Å². The van der Waals surface area contributed by atoms with E-state index < -0.39 is 0 Å². The Morgan fingerprint density at radius 3 is 1.62 bits per heavy atom. The number of rotatable bonds is 4. The van der Waals surface area contributed by atoms with Gasteiger partial charge in [-0.15, -0.1) is 0 Å². The summed E-state index contributed by atoms with van der Waals surface area (Å²) < 4.78 is 0. The summed E-state index contributed by atoms with van der Waals surface area (Å²) in [6, 6.07) is 10.7. The van der Waals surface area contributed by atoms with E-state index in [2.05, 4.69) is 26.5 Å². The van der Waals surface area contributed by atoms with Gasteiger partial charge in [-0.05, 0) is 36.4 Å². The summed E-state index contributed by atoms with van der Waals surface area (Å²) in [6.45, 7) is 4.08. The van der Waals surface area contributed by atoms with E-state index >= 15 is 0 Å². The Balaban J connectivity index is 1.75.